The van der Waals surface area contributed by atoms with Crippen LogP contribution in [0, 0.1) is 10.1 Å². The predicted octanol–water partition coefficient (Wildman–Crippen LogP) is 3.64. The second-order valence-corrected chi connectivity index (χ2v) is 9.31. The maximum absolute atomic E-state index is 12.3. The SMILES string of the molecule is C[C@@H](OC(=O)c1ccc(NS(=O)(=O)c2cccs2)cc1)C(=O)Nc1ccc([N+](=O)[O-])cc1. The van der Waals surface area contributed by atoms with Gasteiger partial charge in [0.05, 0.1) is 10.5 Å². The molecule has 0 unspecified atom stereocenters. The summed E-state index contributed by atoms with van der Waals surface area (Å²) in [5, 5.41) is 14.8. The van der Waals surface area contributed by atoms with Crippen molar-refractivity contribution in [3.8, 4) is 0 Å². The molecule has 0 aliphatic heterocycles. The molecule has 3 aromatic rings. The second kappa shape index (κ2) is 9.58. The highest BCUT2D eigenvalue weighted by Crippen LogP contribution is 2.21. The lowest BCUT2D eigenvalue weighted by Crippen LogP contribution is -2.30. The minimum atomic E-state index is -3.71. The van der Waals surface area contributed by atoms with E-state index in [-0.39, 0.29) is 21.1 Å². The number of ether oxygens (including phenoxy) is 1. The minimum absolute atomic E-state index is 0.122. The maximum atomic E-state index is 12.3. The van der Waals surface area contributed by atoms with E-state index >= 15 is 0 Å². The number of nitro groups is 1. The molecule has 1 atom stereocenters. The van der Waals surface area contributed by atoms with Gasteiger partial charge in [-0.15, -0.1) is 11.3 Å². The molecule has 32 heavy (non-hydrogen) atoms. The highest BCUT2D eigenvalue weighted by Gasteiger charge is 2.20. The number of amides is 1. The van der Waals surface area contributed by atoms with E-state index in [4.69, 9.17) is 4.74 Å². The molecule has 0 radical (unpaired) electrons. The first kappa shape index (κ1) is 22.9. The summed E-state index contributed by atoms with van der Waals surface area (Å²) in [7, 11) is -3.71. The predicted molar refractivity (Wildman–Crippen MR) is 118 cm³/mol. The summed E-state index contributed by atoms with van der Waals surface area (Å²) in [4.78, 5) is 34.6. The number of carbonyl (C=O) groups excluding carboxylic acids is 2. The van der Waals surface area contributed by atoms with E-state index in [1.54, 1.807) is 11.4 Å². The van der Waals surface area contributed by atoms with E-state index in [1.807, 2.05) is 0 Å². The van der Waals surface area contributed by atoms with E-state index in [0.29, 0.717) is 5.69 Å². The molecule has 2 N–H and O–H groups in total. The molecule has 3 rings (SSSR count). The molecule has 0 bridgehead atoms. The molecule has 0 aliphatic carbocycles. The van der Waals surface area contributed by atoms with Crippen LogP contribution in [0.25, 0.3) is 0 Å². The number of sulfonamides is 1. The summed E-state index contributed by atoms with van der Waals surface area (Å²) >= 11 is 1.08. The van der Waals surface area contributed by atoms with Crippen molar-refractivity contribution < 1.29 is 27.7 Å². The fourth-order valence-corrected chi connectivity index (χ4v) is 4.54. The van der Waals surface area contributed by atoms with Gasteiger partial charge in [-0.3, -0.25) is 19.6 Å². The Bertz CT molecular complexity index is 1220. The third-order valence-electron chi connectivity index (χ3n) is 4.13. The van der Waals surface area contributed by atoms with Crippen LogP contribution in [0.2, 0.25) is 0 Å². The van der Waals surface area contributed by atoms with Gasteiger partial charge >= 0.3 is 5.97 Å². The van der Waals surface area contributed by atoms with Crippen molar-refractivity contribution in [1.29, 1.82) is 0 Å². The summed E-state index contributed by atoms with van der Waals surface area (Å²) in [6.07, 6.45) is -1.14. The second-order valence-electron chi connectivity index (χ2n) is 6.46. The van der Waals surface area contributed by atoms with Crippen LogP contribution in [0.4, 0.5) is 17.1 Å². The summed E-state index contributed by atoms with van der Waals surface area (Å²) in [5.41, 5.74) is 0.576. The highest BCUT2D eigenvalue weighted by molar-refractivity contribution is 7.94. The summed E-state index contributed by atoms with van der Waals surface area (Å²) < 4.78 is 32.2. The highest BCUT2D eigenvalue weighted by atomic mass is 32.2. The molecule has 1 heterocycles. The lowest BCUT2D eigenvalue weighted by molar-refractivity contribution is -0.384. The number of carbonyl (C=O) groups is 2. The van der Waals surface area contributed by atoms with Gasteiger partial charge in [0, 0.05) is 23.5 Å². The van der Waals surface area contributed by atoms with Crippen molar-refractivity contribution in [3.63, 3.8) is 0 Å². The Morgan fingerprint density at radius 2 is 1.66 bits per heavy atom. The molecular weight excluding hydrogens is 458 g/mol. The molecule has 0 spiro atoms. The number of esters is 1. The number of anilines is 2. The van der Waals surface area contributed by atoms with Crippen LogP contribution in [-0.4, -0.2) is 31.3 Å². The normalized spacial score (nSPS) is 11.9. The molecule has 0 aliphatic rings. The Morgan fingerprint density at radius 1 is 1.03 bits per heavy atom. The average Bonchev–Trinajstić information content (AvgIpc) is 3.30. The standard InChI is InChI=1S/C20H17N3O7S2/c1-13(19(24)21-15-8-10-17(11-9-15)23(26)27)30-20(25)14-4-6-16(7-5-14)22-32(28,29)18-3-2-12-31-18/h2-13,22H,1H3,(H,21,24)/t13-/m1/s1. The zero-order chi connectivity index (χ0) is 23.3. The third-order valence-corrected chi connectivity index (χ3v) is 6.91. The zero-order valence-electron chi connectivity index (χ0n) is 16.5. The lowest BCUT2D eigenvalue weighted by Gasteiger charge is -2.14. The van der Waals surface area contributed by atoms with E-state index in [9.17, 15) is 28.1 Å². The Labute approximate surface area is 187 Å². The van der Waals surface area contributed by atoms with E-state index in [0.717, 1.165) is 11.3 Å². The summed E-state index contributed by atoms with van der Waals surface area (Å²) in [6, 6.07) is 13.8. The first-order valence-electron chi connectivity index (χ1n) is 9.08. The monoisotopic (exact) mass is 475 g/mol. The van der Waals surface area contributed by atoms with Crippen LogP contribution in [0.5, 0.6) is 0 Å². The minimum Gasteiger partial charge on any atom is -0.449 e. The number of nitrogens with one attached hydrogen (secondary N) is 2. The van der Waals surface area contributed by atoms with Crippen LogP contribution in [0.15, 0.2) is 70.3 Å². The maximum Gasteiger partial charge on any atom is 0.338 e. The average molecular weight is 476 g/mol. The fraction of sp³-hybridized carbons (Fsp3) is 0.100. The van der Waals surface area contributed by atoms with Crippen molar-refractivity contribution in [2.24, 2.45) is 0 Å². The van der Waals surface area contributed by atoms with E-state index < -0.39 is 32.9 Å². The van der Waals surface area contributed by atoms with Crippen LogP contribution in [-0.2, 0) is 19.6 Å². The fourth-order valence-electron chi connectivity index (χ4n) is 2.49. The van der Waals surface area contributed by atoms with Gasteiger partial charge in [-0.2, -0.15) is 0 Å². The van der Waals surface area contributed by atoms with Crippen molar-refractivity contribution in [1.82, 2.24) is 0 Å². The molecule has 2 aromatic carbocycles. The largest absolute Gasteiger partial charge is 0.449 e. The van der Waals surface area contributed by atoms with Crippen LogP contribution in [0.1, 0.15) is 17.3 Å². The molecule has 0 saturated carbocycles. The Balaban J connectivity index is 1.57. The number of rotatable bonds is 8. The van der Waals surface area contributed by atoms with Crippen LogP contribution >= 0.6 is 11.3 Å². The van der Waals surface area contributed by atoms with Crippen molar-refractivity contribution in [2.75, 3.05) is 10.0 Å². The quantitative estimate of drug-likeness (QED) is 0.287. The van der Waals surface area contributed by atoms with Gasteiger partial charge in [0.15, 0.2) is 6.10 Å². The summed E-state index contributed by atoms with van der Waals surface area (Å²) in [6.45, 7) is 1.38. The smallest absolute Gasteiger partial charge is 0.338 e. The number of hydrogen-bond donors (Lipinski definition) is 2. The van der Waals surface area contributed by atoms with Gasteiger partial charge < -0.3 is 10.1 Å². The first-order valence-corrected chi connectivity index (χ1v) is 11.4. The number of nitro benzene ring substituents is 1. The zero-order valence-corrected chi connectivity index (χ0v) is 18.2. The van der Waals surface area contributed by atoms with E-state index in [1.165, 1.54) is 61.5 Å². The Hall–Kier alpha value is -3.77. The lowest BCUT2D eigenvalue weighted by atomic mass is 10.2. The topological polar surface area (TPSA) is 145 Å². The van der Waals surface area contributed by atoms with E-state index in [2.05, 4.69) is 10.0 Å². The molecule has 0 saturated heterocycles. The van der Waals surface area contributed by atoms with Crippen molar-refractivity contribution >= 4 is 50.3 Å². The Kier molecular flexibility index (Phi) is 6.85. The Morgan fingerprint density at radius 3 is 2.22 bits per heavy atom. The third kappa shape index (κ3) is 5.68. The van der Waals surface area contributed by atoms with Gasteiger partial charge in [-0.05, 0) is 54.8 Å². The van der Waals surface area contributed by atoms with Gasteiger partial charge in [0.2, 0.25) is 0 Å². The number of nitrogens with zero attached hydrogens (tertiary/aromatic N) is 1. The van der Waals surface area contributed by atoms with Crippen LogP contribution < -0.4 is 10.0 Å². The number of hydrogen-bond acceptors (Lipinski definition) is 8. The number of thiophene rings is 1. The van der Waals surface area contributed by atoms with Crippen LogP contribution in [0.3, 0.4) is 0 Å². The molecule has 10 nitrogen and oxygen atoms in total. The first-order chi connectivity index (χ1) is 15.2. The molecule has 0 fully saturated rings. The molecule has 12 heteroatoms. The van der Waals surface area contributed by atoms with Gasteiger partial charge in [0.25, 0.3) is 21.6 Å². The van der Waals surface area contributed by atoms with Crippen molar-refractivity contribution in [2.45, 2.75) is 17.2 Å². The summed E-state index contributed by atoms with van der Waals surface area (Å²) in [5.74, 6) is -1.39. The molecule has 166 valence electrons. The van der Waals surface area contributed by atoms with Gasteiger partial charge in [0.1, 0.15) is 4.21 Å². The molecule has 1 aromatic heterocycles. The van der Waals surface area contributed by atoms with Crippen molar-refractivity contribution in [3.05, 3.63) is 81.7 Å². The number of benzene rings is 2. The van der Waals surface area contributed by atoms with Gasteiger partial charge in [-0.25, -0.2) is 13.2 Å². The van der Waals surface area contributed by atoms with Gasteiger partial charge in [-0.1, -0.05) is 6.07 Å². The molecular formula is C20H17N3O7S2. The number of non-ortho nitro benzene ring substituents is 1. The molecule has 1 amide bonds.